The largest absolute Gasteiger partial charge is 0.354 e. The van der Waals surface area contributed by atoms with Gasteiger partial charge in [-0.3, -0.25) is 4.79 Å². The second kappa shape index (κ2) is 5.17. The van der Waals surface area contributed by atoms with Crippen molar-refractivity contribution < 1.29 is 4.79 Å². The highest BCUT2D eigenvalue weighted by molar-refractivity contribution is 5.85. The summed E-state index contributed by atoms with van der Waals surface area (Å²) >= 11 is 0. The summed E-state index contributed by atoms with van der Waals surface area (Å²) in [7, 11) is 0. The fourth-order valence-electron chi connectivity index (χ4n) is 2.35. The lowest BCUT2D eigenvalue weighted by molar-refractivity contribution is -0.127. The topological polar surface area (TPSA) is 55.1 Å². The zero-order chi connectivity index (χ0) is 12.2. The lowest BCUT2D eigenvalue weighted by Gasteiger charge is -2.42. The Morgan fingerprint density at radius 1 is 1.31 bits per heavy atom. The van der Waals surface area contributed by atoms with E-state index in [1.54, 1.807) is 0 Å². The minimum Gasteiger partial charge on any atom is -0.354 e. The Labute approximate surface area is 99.2 Å². The molecule has 0 heterocycles. The van der Waals surface area contributed by atoms with Crippen LogP contribution in [0, 0.1) is 5.41 Å². The minimum atomic E-state index is -0.668. The number of amides is 1. The van der Waals surface area contributed by atoms with Crippen LogP contribution in [-0.4, -0.2) is 18.0 Å². The first kappa shape index (κ1) is 13.5. The van der Waals surface area contributed by atoms with Crippen LogP contribution in [0.2, 0.25) is 0 Å². The first-order valence-electron chi connectivity index (χ1n) is 6.59. The molecule has 0 aromatic carbocycles. The molecule has 0 aromatic heterocycles. The number of hydrogen-bond acceptors (Lipinski definition) is 2. The van der Waals surface area contributed by atoms with Crippen molar-refractivity contribution >= 4 is 5.91 Å². The fraction of sp³-hybridized carbons (Fsp3) is 0.923. The Morgan fingerprint density at radius 2 is 1.88 bits per heavy atom. The Morgan fingerprint density at radius 3 is 2.19 bits per heavy atom. The molecule has 0 bridgehead atoms. The van der Waals surface area contributed by atoms with Crippen molar-refractivity contribution in [3.05, 3.63) is 0 Å². The van der Waals surface area contributed by atoms with E-state index in [2.05, 4.69) is 12.2 Å². The van der Waals surface area contributed by atoms with Gasteiger partial charge in [0.1, 0.15) is 0 Å². The monoisotopic (exact) mass is 226 g/mol. The molecule has 94 valence electrons. The molecular weight excluding hydrogens is 200 g/mol. The predicted octanol–water partition coefficient (Wildman–Crippen LogP) is 2.20. The molecule has 3 heteroatoms. The maximum atomic E-state index is 12.0. The Hall–Kier alpha value is -0.570. The van der Waals surface area contributed by atoms with E-state index < -0.39 is 5.54 Å². The summed E-state index contributed by atoms with van der Waals surface area (Å²) < 4.78 is 0. The molecule has 16 heavy (non-hydrogen) atoms. The number of nitrogens with two attached hydrogens (primary N) is 1. The number of carbonyl (C=O) groups excluding carboxylic acids is 1. The predicted molar refractivity (Wildman–Crippen MR) is 67.1 cm³/mol. The van der Waals surface area contributed by atoms with Gasteiger partial charge in [0.2, 0.25) is 5.91 Å². The molecule has 0 aliphatic heterocycles. The lowest BCUT2D eigenvalue weighted by atomic mass is 9.67. The van der Waals surface area contributed by atoms with E-state index >= 15 is 0 Å². The Kier molecular flexibility index (Phi) is 4.36. The highest BCUT2D eigenvalue weighted by atomic mass is 16.2. The molecule has 1 aliphatic carbocycles. The van der Waals surface area contributed by atoms with Crippen molar-refractivity contribution in [3.63, 3.8) is 0 Å². The molecule has 1 saturated carbocycles. The van der Waals surface area contributed by atoms with Gasteiger partial charge in [0.15, 0.2) is 0 Å². The molecule has 0 saturated heterocycles. The van der Waals surface area contributed by atoms with E-state index in [4.69, 9.17) is 5.73 Å². The van der Waals surface area contributed by atoms with Crippen LogP contribution in [0.3, 0.4) is 0 Å². The Balaban J connectivity index is 2.45. The van der Waals surface area contributed by atoms with Crippen molar-refractivity contribution in [2.45, 2.75) is 64.8 Å². The molecule has 1 aliphatic rings. The van der Waals surface area contributed by atoms with Crippen LogP contribution in [0.25, 0.3) is 0 Å². The SMILES string of the molecule is CCC1(CNC(=O)C(N)(CC)CC)CCC1. The second-order valence-electron chi connectivity index (χ2n) is 5.25. The van der Waals surface area contributed by atoms with E-state index in [0.717, 1.165) is 13.0 Å². The highest BCUT2D eigenvalue weighted by Gasteiger charge is 2.37. The van der Waals surface area contributed by atoms with Gasteiger partial charge in [0, 0.05) is 6.54 Å². The number of hydrogen-bond donors (Lipinski definition) is 2. The third kappa shape index (κ3) is 2.57. The van der Waals surface area contributed by atoms with Crippen LogP contribution >= 0.6 is 0 Å². The van der Waals surface area contributed by atoms with Crippen LogP contribution < -0.4 is 11.1 Å². The second-order valence-corrected chi connectivity index (χ2v) is 5.25. The summed E-state index contributed by atoms with van der Waals surface area (Å²) in [6, 6.07) is 0. The molecule has 1 amide bonds. The maximum Gasteiger partial charge on any atom is 0.240 e. The van der Waals surface area contributed by atoms with Crippen LogP contribution in [0.15, 0.2) is 0 Å². The van der Waals surface area contributed by atoms with Crippen LogP contribution in [0.1, 0.15) is 59.3 Å². The molecule has 0 unspecified atom stereocenters. The van der Waals surface area contributed by atoms with Crippen molar-refractivity contribution in [3.8, 4) is 0 Å². The summed E-state index contributed by atoms with van der Waals surface area (Å²) in [6.07, 6.45) is 6.37. The van der Waals surface area contributed by atoms with Crippen molar-refractivity contribution in [2.75, 3.05) is 6.54 Å². The van der Waals surface area contributed by atoms with Crippen LogP contribution in [0.4, 0.5) is 0 Å². The zero-order valence-corrected chi connectivity index (χ0v) is 10.9. The van der Waals surface area contributed by atoms with Gasteiger partial charge in [-0.05, 0) is 37.5 Å². The number of rotatable bonds is 6. The Bertz CT molecular complexity index is 237. The van der Waals surface area contributed by atoms with Crippen molar-refractivity contribution in [1.82, 2.24) is 5.32 Å². The first-order chi connectivity index (χ1) is 7.52. The van der Waals surface area contributed by atoms with E-state index in [0.29, 0.717) is 18.3 Å². The van der Waals surface area contributed by atoms with Crippen molar-refractivity contribution in [1.29, 1.82) is 0 Å². The van der Waals surface area contributed by atoms with E-state index in [1.165, 1.54) is 19.3 Å². The number of carbonyl (C=O) groups is 1. The molecule has 0 aromatic rings. The third-order valence-corrected chi connectivity index (χ3v) is 4.50. The molecular formula is C13H26N2O. The maximum absolute atomic E-state index is 12.0. The van der Waals surface area contributed by atoms with Gasteiger partial charge < -0.3 is 11.1 Å². The standard InChI is InChI=1S/C13H26N2O/c1-4-12(8-7-9-12)10-15-11(16)13(14,5-2)6-3/h4-10,14H2,1-3H3,(H,15,16). The van der Waals surface area contributed by atoms with Gasteiger partial charge in [-0.1, -0.05) is 27.2 Å². The molecule has 0 radical (unpaired) electrons. The summed E-state index contributed by atoms with van der Waals surface area (Å²) in [5.74, 6) is 0.0252. The van der Waals surface area contributed by atoms with Gasteiger partial charge in [0.25, 0.3) is 0 Å². The molecule has 3 nitrogen and oxygen atoms in total. The first-order valence-corrected chi connectivity index (χ1v) is 6.59. The summed E-state index contributed by atoms with van der Waals surface area (Å²) in [5.41, 5.74) is 5.76. The average Bonchev–Trinajstić information content (AvgIpc) is 2.26. The molecule has 1 fully saturated rings. The summed E-state index contributed by atoms with van der Waals surface area (Å²) in [6.45, 7) is 6.96. The third-order valence-electron chi connectivity index (χ3n) is 4.50. The smallest absolute Gasteiger partial charge is 0.240 e. The van der Waals surface area contributed by atoms with Crippen LogP contribution in [-0.2, 0) is 4.79 Å². The summed E-state index contributed by atoms with van der Waals surface area (Å²) in [4.78, 5) is 12.0. The average molecular weight is 226 g/mol. The zero-order valence-electron chi connectivity index (χ0n) is 10.9. The van der Waals surface area contributed by atoms with E-state index in [-0.39, 0.29) is 5.91 Å². The molecule has 0 atom stereocenters. The minimum absolute atomic E-state index is 0.0252. The van der Waals surface area contributed by atoms with Gasteiger partial charge in [-0.15, -0.1) is 0 Å². The molecule has 3 N–H and O–H groups in total. The summed E-state index contributed by atoms with van der Waals surface area (Å²) in [5, 5.41) is 3.05. The highest BCUT2D eigenvalue weighted by Crippen LogP contribution is 2.43. The van der Waals surface area contributed by atoms with E-state index in [9.17, 15) is 4.79 Å². The molecule has 1 rings (SSSR count). The van der Waals surface area contributed by atoms with Gasteiger partial charge in [-0.2, -0.15) is 0 Å². The van der Waals surface area contributed by atoms with Gasteiger partial charge in [0.05, 0.1) is 5.54 Å². The van der Waals surface area contributed by atoms with Crippen LogP contribution in [0.5, 0.6) is 0 Å². The van der Waals surface area contributed by atoms with E-state index in [1.807, 2.05) is 13.8 Å². The fourth-order valence-corrected chi connectivity index (χ4v) is 2.35. The van der Waals surface area contributed by atoms with Gasteiger partial charge >= 0.3 is 0 Å². The van der Waals surface area contributed by atoms with Gasteiger partial charge in [-0.25, -0.2) is 0 Å². The lowest BCUT2D eigenvalue weighted by Crippen LogP contribution is -2.55. The molecule has 0 spiro atoms. The quantitative estimate of drug-likeness (QED) is 0.729. The van der Waals surface area contributed by atoms with Crippen molar-refractivity contribution in [2.24, 2.45) is 11.1 Å². The number of nitrogens with one attached hydrogen (secondary N) is 1. The normalized spacial score (nSPS) is 19.0.